The van der Waals surface area contributed by atoms with E-state index in [1.807, 2.05) is 31.2 Å². The van der Waals surface area contributed by atoms with Gasteiger partial charge in [-0.05, 0) is 50.5 Å². The number of rotatable bonds is 4. The number of benzene rings is 1. The standard InChI is InChI=1S/C16H19NO3/c1-2-19-14-6-7-15-11(9-14)8-12(10-20-15)16(18)17-13-4-3-5-13/h6-9,13H,2-5,10H2,1H3,(H,17,18). The smallest absolute Gasteiger partial charge is 0.250 e. The van der Waals surface area contributed by atoms with Gasteiger partial charge < -0.3 is 14.8 Å². The van der Waals surface area contributed by atoms with Gasteiger partial charge in [0.2, 0.25) is 0 Å². The van der Waals surface area contributed by atoms with Crippen LogP contribution in [0.1, 0.15) is 31.7 Å². The number of hydrogen-bond acceptors (Lipinski definition) is 3. The predicted molar refractivity (Wildman–Crippen MR) is 76.9 cm³/mol. The lowest BCUT2D eigenvalue weighted by Crippen LogP contribution is -2.41. The van der Waals surface area contributed by atoms with Gasteiger partial charge in [-0.2, -0.15) is 0 Å². The van der Waals surface area contributed by atoms with Gasteiger partial charge in [-0.1, -0.05) is 0 Å². The number of carbonyl (C=O) groups is 1. The summed E-state index contributed by atoms with van der Waals surface area (Å²) < 4.78 is 11.1. The molecule has 0 aromatic heterocycles. The van der Waals surface area contributed by atoms with Crippen molar-refractivity contribution in [3.05, 3.63) is 29.3 Å². The van der Waals surface area contributed by atoms with Crippen molar-refractivity contribution in [1.29, 1.82) is 0 Å². The van der Waals surface area contributed by atoms with Crippen LogP contribution in [0.25, 0.3) is 6.08 Å². The van der Waals surface area contributed by atoms with E-state index in [1.54, 1.807) is 0 Å². The van der Waals surface area contributed by atoms with Crippen molar-refractivity contribution >= 4 is 12.0 Å². The third kappa shape index (κ3) is 2.64. The minimum absolute atomic E-state index is 0.0119. The minimum atomic E-state index is -0.0119. The Morgan fingerprint density at radius 1 is 1.45 bits per heavy atom. The number of fused-ring (bicyclic) bond motifs is 1. The second-order valence-electron chi connectivity index (χ2n) is 5.19. The van der Waals surface area contributed by atoms with Crippen LogP contribution in [0.2, 0.25) is 0 Å². The fourth-order valence-electron chi connectivity index (χ4n) is 2.37. The molecule has 0 radical (unpaired) electrons. The highest BCUT2D eigenvalue weighted by molar-refractivity contribution is 5.99. The van der Waals surface area contributed by atoms with Crippen LogP contribution in [0.3, 0.4) is 0 Å². The highest BCUT2D eigenvalue weighted by Crippen LogP contribution is 2.30. The van der Waals surface area contributed by atoms with Crippen molar-refractivity contribution in [1.82, 2.24) is 5.32 Å². The highest BCUT2D eigenvalue weighted by Gasteiger charge is 2.23. The molecule has 3 rings (SSSR count). The Bertz CT molecular complexity index is 547. The Labute approximate surface area is 118 Å². The molecule has 0 bridgehead atoms. The molecule has 4 nitrogen and oxygen atoms in total. The Morgan fingerprint density at radius 3 is 3.00 bits per heavy atom. The molecule has 1 aromatic carbocycles. The normalized spacial score (nSPS) is 17.4. The maximum Gasteiger partial charge on any atom is 0.250 e. The second kappa shape index (κ2) is 5.57. The molecule has 1 aromatic rings. The van der Waals surface area contributed by atoms with Crippen molar-refractivity contribution in [3.8, 4) is 11.5 Å². The summed E-state index contributed by atoms with van der Waals surface area (Å²) in [7, 11) is 0. The van der Waals surface area contributed by atoms with Crippen LogP contribution in [0, 0.1) is 0 Å². The molecular formula is C16H19NO3. The average molecular weight is 273 g/mol. The Hall–Kier alpha value is -1.97. The Morgan fingerprint density at radius 2 is 2.30 bits per heavy atom. The van der Waals surface area contributed by atoms with E-state index < -0.39 is 0 Å². The van der Waals surface area contributed by atoms with Crippen LogP contribution in [0.4, 0.5) is 0 Å². The van der Waals surface area contributed by atoms with Crippen LogP contribution in [0.15, 0.2) is 23.8 Å². The van der Waals surface area contributed by atoms with E-state index in [-0.39, 0.29) is 5.91 Å². The summed E-state index contributed by atoms with van der Waals surface area (Å²) in [6.07, 6.45) is 5.28. The molecule has 2 aliphatic rings. The van der Waals surface area contributed by atoms with Gasteiger partial charge in [0.15, 0.2) is 0 Å². The molecule has 106 valence electrons. The molecule has 1 heterocycles. The van der Waals surface area contributed by atoms with Gasteiger partial charge in [0.1, 0.15) is 18.1 Å². The van der Waals surface area contributed by atoms with E-state index in [4.69, 9.17) is 9.47 Å². The van der Waals surface area contributed by atoms with Crippen LogP contribution in [0.5, 0.6) is 11.5 Å². The van der Waals surface area contributed by atoms with Crippen molar-refractivity contribution in [2.75, 3.05) is 13.2 Å². The summed E-state index contributed by atoms with van der Waals surface area (Å²) >= 11 is 0. The fraction of sp³-hybridized carbons (Fsp3) is 0.438. The molecular weight excluding hydrogens is 254 g/mol. The van der Waals surface area contributed by atoms with Crippen molar-refractivity contribution in [3.63, 3.8) is 0 Å². The summed E-state index contributed by atoms with van der Waals surface area (Å²) in [6, 6.07) is 6.03. The molecule has 0 saturated heterocycles. The van der Waals surface area contributed by atoms with Gasteiger partial charge in [0, 0.05) is 11.6 Å². The first-order valence-corrected chi connectivity index (χ1v) is 7.17. The number of nitrogens with one attached hydrogen (secondary N) is 1. The zero-order valence-electron chi connectivity index (χ0n) is 11.6. The quantitative estimate of drug-likeness (QED) is 0.917. The molecule has 4 heteroatoms. The van der Waals surface area contributed by atoms with Gasteiger partial charge in [-0.3, -0.25) is 4.79 Å². The summed E-state index contributed by atoms with van der Waals surface area (Å²) in [5.41, 5.74) is 1.58. The summed E-state index contributed by atoms with van der Waals surface area (Å²) in [5.74, 6) is 1.59. The maximum absolute atomic E-state index is 12.1. The lowest BCUT2D eigenvalue weighted by molar-refractivity contribution is -0.118. The van der Waals surface area contributed by atoms with Crippen molar-refractivity contribution in [2.24, 2.45) is 0 Å². The lowest BCUT2D eigenvalue weighted by Gasteiger charge is -2.27. The first-order valence-electron chi connectivity index (χ1n) is 7.17. The summed E-state index contributed by atoms with van der Waals surface area (Å²) in [4.78, 5) is 12.1. The zero-order valence-corrected chi connectivity index (χ0v) is 11.6. The molecule has 0 atom stereocenters. The minimum Gasteiger partial charge on any atom is -0.494 e. The maximum atomic E-state index is 12.1. The average Bonchev–Trinajstić information content (AvgIpc) is 2.42. The lowest BCUT2D eigenvalue weighted by atomic mass is 9.93. The monoisotopic (exact) mass is 273 g/mol. The molecule has 1 saturated carbocycles. The van der Waals surface area contributed by atoms with Gasteiger partial charge in [-0.25, -0.2) is 0 Å². The van der Waals surface area contributed by atoms with Crippen molar-refractivity contribution in [2.45, 2.75) is 32.2 Å². The number of amides is 1. The SMILES string of the molecule is CCOc1ccc2c(c1)C=C(C(=O)NC1CCC1)CO2. The van der Waals surface area contributed by atoms with E-state index in [0.29, 0.717) is 24.8 Å². The zero-order chi connectivity index (χ0) is 13.9. The third-order valence-corrected chi connectivity index (χ3v) is 3.74. The number of hydrogen-bond donors (Lipinski definition) is 1. The molecule has 0 unspecified atom stereocenters. The van der Waals surface area contributed by atoms with Gasteiger partial charge >= 0.3 is 0 Å². The van der Waals surface area contributed by atoms with Crippen LogP contribution >= 0.6 is 0 Å². The summed E-state index contributed by atoms with van der Waals surface area (Å²) in [6.45, 7) is 2.90. The predicted octanol–water partition coefficient (Wildman–Crippen LogP) is 2.53. The molecule has 1 aliphatic carbocycles. The second-order valence-corrected chi connectivity index (χ2v) is 5.19. The highest BCUT2D eigenvalue weighted by atomic mass is 16.5. The van der Waals surface area contributed by atoms with Gasteiger partial charge in [0.25, 0.3) is 5.91 Å². The first kappa shape index (κ1) is 13.0. The van der Waals surface area contributed by atoms with Crippen LogP contribution in [-0.2, 0) is 4.79 Å². The van der Waals surface area contributed by atoms with Gasteiger partial charge in [0.05, 0.1) is 12.2 Å². The fourth-order valence-corrected chi connectivity index (χ4v) is 2.37. The van der Waals surface area contributed by atoms with E-state index in [0.717, 1.165) is 29.9 Å². The first-order chi connectivity index (χ1) is 9.76. The largest absolute Gasteiger partial charge is 0.494 e. The molecule has 1 N–H and O–H groups in total. The Kier molecular flexibility index (Phi) is 3.63. The van der Waals surface area contributed by atoms with E-state index in [9.17, 15) is 4.79 Å². The number of ether oxygens (including phenoxy) is 2. The summed E-state index contributed by atoms with van der Waals surface area (Å²) in [5, 5.41) is 3.04. The van der Waals surface area contributed by atoms with Crippen molar-refractivity contribution < 1.29 is 14.3 Å². The van der Waals surface area contributed by atoms with Crippen LogP contribution < -0.4 is 14.8 Å². The van der Waals surface area contributed by atoms with Crippen LogP contribution in [-0.4, -0.2) is 25.2 Å². The number of carbonyl (C=O) groups excluding carboxylic acids is 1. The van der Waals surface area contributed by atoms with E-state index in [2.05, 4.69) is 5.32 Å². The topological polar surface area (TPSA) is 47.6 Å². The molecule has 1 fully saturated rings. The molecule has 0 spiro atoms. The van der Waals surface area contributed by atoms with E-state index in [1.165, 1.54) is 6.42 Å². The van der Waals surface area contributed by atoms with Gasteiger partial charge in [-0.15, -0.1) is 0 Å². The van der Waals surface area contributed by atoms with E-state index >= 15 is 0 Å². The molecule has 20 heavy (non-hydrogen) atoms. The molecule has 1 amide bonds. The third-order valence-electron chi connectivity index (χ3n) is 3.74. The molecule has 1 aliphatic heterocycles. The Balaban J connectivity index is 1.76.